The highest BCUT2D eigenvalue weighted by atomic mass is 16.7. The molecule has 0 aliphatic carbocycles. The van der Waals surface area contributed by atoms with E-state index >= 15 is 0 Å². The number of rotatable bonds is 8. The number of ether oxygens (including phenoxy) is 2. The highest BCUT2D eigenvalue weighted by Crippen LogP contribution is 2.34. The summed E-state index contributed by atoms with van der Waals surface area (Å²) in [7, 11) is 0. The van der Waals surface area contributed by atoms with Gasteiger partial charge in [-0.2, -0.15) is 0 Å². The molecule has 3 heteroatoms. The van der Waals surface area contributed by atoms with Gasteiger partial charge in [0.05, 0.1) is 0 Å². The summed E-state index contributed by atoms with van der Waals surface area (Å²) in [4.78, 5) is 0. The Bertz CT molecular complexity index is 457. The Kier molecular flexibility index (Phi) is 5.51. The van der Waals surface area contributed by atoms with Crippen molar-refractivity contribution in [2.75, 3.05) is 13.3 Å². The van der Waals surface area contributed by atoms with Crippen LogP contribution in [0, 0.1) is 5.41 Å². The fourth-order valence-corrected chi connectivity index (χ4v) is 2.67. The third-order valence-electron chi connectivity index (χ3n) is 4.24. The number of hydrogen-bond donors (Lipinski definition) is 1. The molecule has 0 bridgehead atoms. The van der Waals surface area contributed by atoms with Crippen LogP contribution < -0.4 is 14.8 Å². The molecule has 1 atom stereocenters. The number of fused-ring (bicyclic) bond motifs is 1. The van der Waals surface area contributed by atoms with Gasteiger partial charge in [-0.15, -0.1) is 0 Å². The zero-order valence-corrected chi connectivity index (χ0v) is 13.9. The molecule has 0 spiro atoms. The van der Waals surface area contributed by atoms with E-state index in [-0.39, 0.29) is 0 Å². The summed E-state index contributed by atoms with van der Waals surface area (Å²) in [5.41, 5.74) is 1.60. The van der Waals surface area contributed by atoms with E-state index in [1.54, 1.807) is 0 Å². The molecule has 0 aromatic heterocycles. The predicted molar refractivity (Wildman–Crippen MR) is 86.9 cm³/mol. The van der Waals surface area contributed by atoms with Gasteiger partial charge in [0.1, 0.15) is 0 Å². The number of unbranched alkanes of at least 4 members (excludes halogenated alkanes) is 2. The minimum atomic E-state index is 0.324. The zero-order chi connectivity index (χ0) is 15.3. The maximum Gasteiger partial charge on any atom is 0.231 e. The number of nitrogens with one attached hydrogen (secondary N) is 1. The molecule has 1 unspecified atom stereocenters. The SMILES string of the molecule is CCCCCC(C)(C)CNC(C)c1ccc2c(c1)OCO2. The fraction of sp³-hybridized carbons (Fsp3) is 0.667. The molecule has 0 amide bonds. The van der Waals surface area contributed by atoms with Crippen molar-refractivity contribution in [1.29, 1.82) is 0 Å². The van der Waals surface area contributed by atoms with E-state index in [0.717, 1.165) is 18.0 Å². The van der Waals surface area contributed by atoms with E-state index in [1.165, 1.54) is 31.2 Å². The third-order valence-corrected chi connectivity index (χ3v) is 4.24. The average Bonchev–Trinajstić information content (AvgIpc) is 2.92. The molecule has 3 nitrogen and oxygen atoms in total. The van der Waals surface area contributed by atoms with Gasteiger partial charge in [-0.3, -0.25) is 0 Å². The van der Waals surface area contributed by atoms with E-state index in [0.29, 0.717) is 18.2 Å². The van der Waals surface area contributed by atoms with E-state index in [1.807, 2.05) is 6.07 Å². The maximum absolute atomic E-state index is 5.45. The van der Waals surface area contributed by atoms with Crippen LogP contribution in [0.4, 0.5) is 0 Å². The molecule has 1 heterocycles. The predicted octanol–water partition coefficient (Wildman–Crippen LogP) is 4.67. The van der Waals surface area contributed by atoms with E-state index in [9.17, 15) is 0 Å². The third kappa shape index (κ3) is 4.63. The smallest absolute Gasteiger partial charge is 0.231 e. The van der Waals surface area contributed by atoms with Gasteiger partial charge in [-0.1, -0.05) is 46.1 Å². The summed E-state index contributed by atoms with van der Waals surface area (Å²) in [5, 5.41) is 3.66. The normalized spacial score (nSPS) is 15.2. The number of hydrogen-bond acceptors (Lipinski definition) is 3. The lowest BCUT2D eigenvalue weighted by Crippen LogP contribution is -2.31. The molecule has 1 aromatic rings. The van der Waals surface area contributed by atoms with Crippen molar-refractivity contribution in [2.24, 2.45) is 5.41 Å². The molecule has 0 radical (unpaired) electrons. The molecule has 1 N–H and O–H groups in total. The Balaban J connectivity index is 1.85. The Morgan fingerprint density at radius 2 is 1.95 bits per heavy atom. The van der Waals surface area contributed by atoms with Gasteiger partial charge < -0.3 is 14.8 Å². The van der Waals surface area contributed by atoms with E-state index < -0.39 is 0 Å². The van der Waals surface area contributed by atoms with Gasteiger partial charge in [0.25, 0.3) is 0 Å². The van der Waals surface area contributed by atoms with Gasteiger partial charge in [0, 0.05) is 12.6 Å². The van der Waals surface area contributed by atoms with Crippen molar-refractivity contribution < 1.29 is 9.47 Å². The van der Waals surface area contributed by atoms with Crippen LogP contribution in [0.3, 0.4) is 0 Å². The summed E-state index contributed by atoms with van der Waals surface area (Å²) in [6.07, 6.45) is 5.23. The van der Waals surface area contributed by atoms with Gasteiger partial charge in [0.2, 0.25) is 6.79 Å². The second-order valence-corrected chi connectivity index (χ2v) is 6.84. The van der Waals surface area contributed by atoms with Gasteiger partial charge in [0.15, 0.2) is 11.5 Å². The summed E-state index contributed by atoms with van der Waals surface area (Å²) < 4.78 is 10.8. The quantitative estimate of drug-likeness (QED) is 0.706. The second kappa shape index (κ2) is 7.17. The standard InChI is InChI=1S/C18H29NO2/c1-5-6-7-10-18(3,4)12-19-14(2)15-8-9-16-17(11-15)21-13-20-16/h8-9,11,14,19H,5-7,10,12-13H2,1-4H3. The van der Waals surface area contributed by atoms with Crippen molar-refractivity contribution in [3.8, 4) is 11.5 Å². The fourth-order valence-electron chi connectivity index (χ4n) is 2.67. The first-order chi connectivity index (χ1) is 10.0. The van der Waals surface area contributed by atoms with Crippen molar-refractivity contribution in [3.63, 3.8) is 0 Å². The number of benzene rings is 1. The lowest BCUT2D eigenvalue weighted by molar-refractivity contribution is 0.174. The van der Waals surface area contributed by atoms with Crippen molar-refractivity contribution in [2.45, 2.75) is 59.4 Å². The molecule has 1 aliphatic rings. The molecule has 2 rings (SSSR count). The van der Waals surface area contributed by atoms with Crippen molar-refractivity contribution >= 4 is 0 Å². The van der Waals surface area contributed by atoms with Crippen LogP contribution in [-0.2, 0) is 0 Å². The minimum Gasteiger partial charge on any atom is -0.454 e. The topological polar surface area (TPSA) is 30.5 Å². The summed E-state index contributed by atoms with van der Waals surface area (Å²) in [5.74, 6) is 1.72. The maximum atomic E-state index is 5.45. The molecule has 21 heavy (non-hydrogen) atoms. The molecule has 118 valence electrons. The Morgan fingerprint density at radius 1 is 1.19 bits per heavy atom. The zero-order valence-electron chi connectivity index (χ0n) is 13.9. The van der Waals surface area contributed by atoms with Crippen LogP contribution >= 0.6 is 0 Å². The highest BCUT2D eigenvalue weighted by Gasteiger charge is 2.20. The van der Waals surface area contributed by atoms with Crippen LogP contribution in [0.25, 0.3) is 0 Å². The lowest BCUT2D eigenvalue weighted by atomic mass is 9.86. The summed E-state index contributed by atoms with van der Waals surface area (Å²) in [6.45, 7) is 10.5. The monoisotopic (exact) mass is 291 g/mol. The van der Waals surface area contributed by atoms with E-state index in [4.69, 9.17) is 9.47 Å². The molecule has 0 saturated heterocycles. The highest BCUT2D eigenvalue weighted by molar-refractivity contribution is 5.45. The molecule has 0 fully saturated rings. The molecule has 0 saturated carbocycles. The van der Waals surface area contributed by atoms with Crippen LogP contribution in [0.5, 0.6) is 11.5 Å². The Hall–Kier alpha value is -1.22. The lowest BCUT2D eigenvalue weighted by Gasteiger charge is -2.27. The van der Waals surface area contributed by atoms with Gasteiger partial charge in [-0.05, 0) is 36.5 Å². The second-order valence-electron chi connectivity index (χ2n) is 6.84. The first-order valence-electron chi connectivity index (χ1n) is 8.15. The Morgan fingerprint density at radius 3 is 2.71 bits per heavy atom. The first kappa shape index (κ1) is 16.2. The molecule has 1 aromatic carbocycles. The van der Waals surface area contributed by atoms with Gasteiger partial charge in [-0.25, -0.2) is 0 Å². The van der Waals surface area contributed by atoms with Crippen molar-refractivity contribution in [3.05, 3.63) is 23.8 Å². The van der Waals surface area contributed by atoms with Crippen molar-refractivity contribution in [1.82, 2.24) is 5.32 Å². The summed E-state index contributed by atoms with van der Waals surface area (Å²) >= 11 is 0. The van der Waals surface area contributed by atoms with Gasteiger partial charge >= 0.3 is 0 Å². The summed E-state index contributed by atoms with van der Waals surface area (Å²) in [6, 6.07) is 6.53. The molecule has 1 aliphatic heterocycles. The largest absolute Gasteiger partial charge is 0.454 e. The first-order valence-corrected chi connectivity index (χ1v) is 8.15. The van der Waals surface area contributed by atoms with Crippen LogP contribution in [-0.4, -0.2) is 13.3 Å². The van der Waals surface area contributed by atoms with Crippen LogP contribution in [0.15, 0.2) is 18.2 Å². The van der Waals surface area contributed by atoms with Crippen LogP contribution in [0.2, 0.25) is 0 Å². The average molecular weight is 291 g/mol. The van der Waals surface area contributed by atoms with E-state index in [2.05, 4.69) is 45.1 Å². The minimum absolute atomic E-state index is 0.324. The molecular formula is C18H29NO2. The van der Waals surface area contributed by atoms with Crippen LogP contribution in [0.1, 0.15) is 65.0 Å². The molecular weight excluding hydrogens is 262 g/mol. The Labute approximate surface area is 129 Å².